The Labute approximate surface area is 125 Å². The van der Waals surface area contributed by atoms with Crippen molar-refractivity contribution in [1.29, 1.82) is 0 Å². The van der Waals surface area contributed by atoms with E-state index in [-0.39, 0.29) is 5.75 Å². The lowest BCUT2D eigenvalue weighted by atomic mass is 10.1. The van der Waals surface area contributed by atoms with E-state index < -0.39 is 0 Å². The number of para-hydroxylation sites is 1. The van der Waals surface area contributed by atoms with Gasteiger partial charge in [0.25, 0.3) is 0 Å². The van der Waals surface area contributed by atoms with Crippen LogP contribution in [-0.4, -0.2) is 18.0 Å². The van der Waals surface area contributed by atoms with Crippen molar-refractivity contribution < 1.29 is 9.84 Å². The second kappa shape index (κ2) is 6.79. The summed E-state index contributed by atoms with van der Waals surface area (Å²) < 4.78 is 5.79. The fourth-order valence-corrected chi connectivity index (χ4v) is 1.90. The van der Waals surface area contributed by atoms with Gasteiger partial charge < -0.3 is 15.2 Å². The molecule has 110 valence electrons. The van der Waals surface area contributed by atoms with Crippen LogP contribution in [0.2, 0.25) is 0 Å². The van der Waals surface area contributed by atoms with Gasteiger partial charge in [0.05, 0.1) is 6.34 Å². The number of benzene rings is 2. The van der Waals surface area contributed by atoms with Crippen molar-refractivity contribution in [2.24, 2.45) is 4.99 Å². The first-order valence-corrected chi connectivity index (χ1v) is 6.93. The third kappa shape index (κ3) is 3.75. The lowest BCUT2D eigenvalue weighted by Gasteiger charge is -2.13. The third-order valence-corrected chi connectivity index (χ3v) is 3.11. The SMILES string of the molecule is CCN=CNc1cc(O)c(Oc2ccccc2C)cc1C. The highest BCUT2D eigenvalue weighted by atomic mass is 16.5. The van der Waals surface area contributed by atoms with Crippen LogP contribution in [0.1, 0.15) is 18.1 Å². The zero-order valence-corrected chi connectivity index (χ0v) is 12.6. The van der Waals surface area contributed by atoms with Gasteiger partial charge in [-0.25, -0.2) is 0 Å². The molecule has 2 rings (SSSR count). The standard InChI is InChI=1S/C17H20N2O2/c1-4-18-11-19-14-10-15(20)17(9-13(14)3)21-16-8-6-5-7-12(16)2/h5-11,20H,4H2,1-3H3,(H,18,19). The van der Waals surface area contributed by atoms with Crippen LogP contribution in [0, 0.1) is 13.8 Å². The topological polar surface area (TPSA) is 53.9 Å². The molecule has 21 heavy (non-hydrogen) atoms. The zero-order chi connectivity index (χ0) is 15.2. The Bertz CT molecular complexity index is 651. The highest BCUT2D eigenvalue weighted by Gasteiger charge is 2.09. The molecular formula is C17H20N2O2. The summed E-state index contributed by atoms with van der Waals surface area (Å²) in [5.41, 5.74) is 2.80. The number of aryl methyl sites for hydroxylation is 2. The quantitative estimate of drug-likeness (QED) is 0.637. The summed E-state index contributed by atoms with van der Waals surface area (Å²) in [6, 6.07) is 11.2. The van der Waals surface area contributed by atoms with Gasteiger partial charge in [0.2, 0.25) is 0 Å². The van der Waals surface area contributed by atoms with E-state index in [9.17, 15) is 5.11 Å². The summed E-state index contributed by atoms with van der Waals surface area (Å²) in [5, 5.41) is 13.2. The lowest BCUT2D eigenvalue weighted by Crippen LogP contribution is -1.98. The van der Waals surface area contributed by atoms with Gasteiger partial charge >= 0.3 is 0 Å². The van der Waals surface area contributed by atoms with Gasteiger partial charge in [0, 0.05) is 18.3 Å². The van der Waals surface area contributed by atoms with Crippen molar-refractivity contribution in [3.05, 3.63) is 47.5 Å². The van der Waals surface area contributed by atoms with Gasteiger partial charge in [-0.05, 0) is 44.0 Å². The number of nitrogens with zero attached hydrogens (tertiary/aromatic N) is 1. The van der Waals surface area contributed by atoms with Crippen LogP contribution in [0.3, 0.4) is 0 Å². The average molecular weight is 284 g/mol. The number of ether oxygens (including phenoxy) is 1. The first kappa shape index (κ1) is 14.9. The Hall–Kier alpha value is -2.49. The second-order valence-corrected chi connectivity index (χ2v) is 4.77. The Morgan fingerprint density at radius 1 is 1.14 bits per heavy atom. The minimum Gasteiger partial charge on any atom is -0.504 e. The van der Waals surface area contributed by atoms with Crippen LogP contribution in [0.4, 0.5) is 5.69 Å². The number of aliphatic imine (C=N–C) groups is 1. The predicted molar refractivity (Wildman–Crippen MR) is 86.8 cm³/mol. The molecule has 2 aromatic carbocycles. The van der Waals surface area contributed by atoms with Crippen molar-refractivity contribution in [3.8, 4) is 17.2 Å². The van der Waals surface area contributed by atoms with Crippen LogP contribution < -0.4 is 10.1 Å². The monoisotopic (exact) mass is 284 g/mol. The van der Waals surface area contributed by atoms with Crippen molar-refractivity contribution in [3.63, 3.8) is 0 Å². The van der Waals surface area contributed by atoms with Crippen LogP contribution in [0.5, 0.6) is 17.2 Å². The number of phenolic OH excluding ortho intramolecular Hbond substituents is 1. The maximum atomic E-state index is 10.1. The molecule has 0 radical (unpaired) electrons. The van der Waals surface area contributed by atoms with Crippen molar-refractivity contribution >= 4 is 12.0 Å². The van der Waals surface area contributed by atoms with E-state index >= 15 is 0 Å². The minimum atomic E-state index is 0.0938. The third-order valence-electron chi connectivity index (χ3n) is 3.11. The Kier molecular flexibility index (Phi) is 4.82. The molecule has 2 aromatic rings. The molecule has 0 spiro atoms. The molecule has 0 saturated heterocycles. The number of phenols is 1. The molecule has 2 N–H and O–H groups in total. The molecule has 0 aliphatic heterocycles. The van der Waals surface area contributed by atoms with Gasteiger partial charge in [0.15, 0.2) is 11.5 Å². The molecule has 0 aliphatic carbocycles. The summed E-state index contributed by atoms with van der Waals surface area (Å²) in [5.74, 6) is 1.27. The molecule has 4 heteroatoms. The highest BCUT2D eigenvalue weighted by molar-refractivity contribution is 5.78. The molecular weight excluding hydrogens is 264 g/mol. The number of rotatable bonds is 5. The summed E-state index contributed by atoms with van der Waals surface area (Å²) in [4.78, 5) is 4.09. The molecule has 0 amide bonds. The number of hydrogen-bond acceptors (Lipinski definition) is 3. The molecule has 0 aliphatic rings. The van der Waals surface area contributed by atoms with Crippen molar-refractivity contribution in [2.75, 3.05) is 11.9 Å². The highest BCUT2D eigenvalue weighted by Crippen LogP contribution is 2.36. The molecule has 0 saturated carbocycles. The van der Waals surface area contributed by atoms with Crippen LogP contribution >= 0.6 is 0 Å². The van der Waals surface area contributed by atoms with Crippen LogP contribution in [0.15, 0.2) is 41.4 Å². The maximum absolute atomic E-state index is 10.1. The number of nitrogens with one attached hydrogen (secondary N) is 1. The average Bonchev–Trinajstić information content (AvgIpc) is 2.46. The molecule has 0 aromatic heterocycles. The molecule has 0 heterocycles. The molecule has 0 unspecified atom stereocenters. The van der Waals surface area contributed by atoms with Gasteiger partial charge in [-0.15, -0.1) is 0 Å². The van der Waals surface area contributed by atoms with E-state index in [4.69, 9.17) is 4.74 Å². The normalized spacial score (nSPS) is 10.8. The largest absolute Gasteiger partial charge is 0.504 e. The Balaban J connectivity index is 2.24. The van der Waals surface area contributed by atoms with E-state index in [1.54, 1.807) is 12.4 Å². The number of aromatic hydroxyl groups is 1. The van der Waals surface area contributed by atoms with Crippen molar-refractivity contribution in [1.82, 2.24) is 0 Å². The summed E-state index contributed by atoms with van der Waals surface area (Å²) in [6.45, 7) is 6.59. The zero-order valence-electron chi connectivity index (χ0n) is 12.6. The summed E-state index contributed by atoms with van der Waals surface area (Å²) in [7, 11) is 0. The van der Waals surface area contributed by atoms with E-state index in [0.29, 0.717) is 12.3 Å². The molecule has 0 atom stereocenters. The second-order valence-electron chi connectivity index (χ2n) is 4.77. The van der Waals surface area contributed by atoms with Gasteiger partial charge in [0.1, 0.15) is 5.75 Å². The van der Waals surface area contributed by atoms with Crippen LogP contribution in [0.25, 0.3) is 0 Å². The lowest BCUT2D eigenvalue weighted by molar-refractivity contribution is 0.410. The van der Waals surface area contributed by atoms with Crippen molar-refractivity contribution in [2.45, 2.75) is 20.8 Å². The summed E-state index contributed by atoms with van der Waals surface area (Å²) in [6.07, 6.45) is 1.63. The fraction of sp³-hybridized carbons (Fsp3) is 0.235. The van der Waals surface area contributed by atoms with Crippen LogP contribution in [-0.2, 0) is 0 Å². The molecule has 0 fully saturated rings. The Morgan fingerprint density at radius 2 is 1.90 bits per heavy atom. The molecule has 4 nitrogen and oxygen atoms in total. The van der Waals surface area contributed by atoms with Gasteiger partial charge in [-0.3, -0.25) is 4.99 Å². The number of hydrogen-bond donors (Lipinski definition) is 2. The Morgan fingerprint density at radius 3 is 2.62 bits per heavy atom. The number of anilines is 1. The van der Waals surface area contributed by atoms with E-state index in [2.05, 4.69) is 10.3 Å². The van der Waals surface area contributed by atoms with E-state index in [0.717, 1.165) is 22.6 Å². The van der Waals surface area contributed by atoms with Gasteiger partial charge in [-0.2, -0.15) is 0 Å². The molecule has 0 bridgehead atoms. The van der Waals surface area contributed by atoms with Gasteiger partial charge in [-0.1, -0.05) is 18.2 Å². The first-order chi connectivity index (χ1) is 10.1. The fourth-order valence-electron chi connectivity index (χ4n) is 1.90. The summed E-state index contributed by atoms with van der Waals surface area (Å²) >= 11 is 0. The predicted octanol–water partition coefficient (Wildman–Crippen LogP) is 4.26. The minimum absolute atomic E-state index is 0.0938. The van der Waals surface area contributed by atoms with E-state index in [1.807, 2.05) is 51.1 Å². The maximum Gasteiger partial charge on any atom is 0.169 e. The first-order valence-electron chi connectivity index (χ1n) is 6.93. The van der Waals surface area contributed by atoms with E-state index in [1.165, 1.54) is 0 Å². The smallest absolute Gasteiger partial charge is 0.169 e.